The fourth-order valence-corrected chi connectivity index (χ4v) is 1.47. The number of hydrogen-bond donors (Lipinski definition) is 0. The minimum Gasteiger partial charge on any atom is -0.264 e. The quantitative estimate of drug-likeness (QED) is 0.672. The van der Waals surface area contributed by atoms with E-state index in [1.165, 1.54) is 6.33 Å². The number of aromatic nitrogens is 3. The second-order valence-corrected chi connectivity index (χ2v) is 3.28. The molecule has 2 rings (SSSR count). The van der Waals surface area contributed by atoms with Crippen molar-refractivity contribution in [1.82, 2.24) is 15.0 Å². The first kappa shape index (κ1) is 9.09. The Hall–Kier alpha value is -1.48. The standard InChI is InChI=1S/C10H8ClN3/c1-7-4-12-3-2-8(7)9-5-13-6-14-10(9)11/h2-6H,1H3. The van der Waals surface area contributed by atoms with E-state index in [0.717, 1.165) is 16.7 Å². The van der Waals surface area contributed by atoms with E-state index in [2.05, 4.69) is 15.0 Å². The molecule has 2 aromatic heterocycles. The maximum Gasteiger partial charge on any atom is 0.140 e. The van der Waals surface area contributed by atoms with Gasteiger partial charge in [-0.1, -0.05) is 11.6 Å². The molecule has 14 heavy (non-hydrogen) atoms. The van der Waals surface area contributed by atoms with Gasteiger partial charge in [-0.3, -0.25) is 4.98 Å². The third kappa shape index (κ3) is 1.59. The molecule has 3 nitrogen and oxygen atoms in total. The molecule has 0 atom stereocenters. The maximum atomic E-state index is 5.96. The molecular weight excluding hydrogens is 198 g/mol. The summed E-state index contributed by atoms with van der Waals surface area (Å²) in [5, 5.41) is 0.467. The molecule has 0 amide bonds. The van der Waals surface area contributed by atoms with Gasteiger partial charge < -0.3 is 0 Å². The normalized spacial score (nSPS) is 10.1. The van der Waals surface area contributed by atoms with E-state index in [1.54, 1.807) is 18.6 Å². The molecule has 0 saturated heterocycles. The summed E-state index contributed by atoms with van der Waals surface area (Å²) in [5.41, 5.74) is 2.92. The largest absolute Gasteiger partial charge is 0.264 e. The van der Waals surface area contributed by atoms with Crippen LogP contribution in [0.2, 0.25) is 5.15 Å². The average Bonchev–Trinajstić information content (AvgIpc) is 2.20. The lowest BCUT2D eigenvalue weighted by Crippen LogP contribution is -1.88. The maximum absolute atomic E-state index is 5.96. The average molecular weight is 206 g/mol. The Morgan fingerprint density at radius 1 is 1.14 bits per heavy atom. The summed E-state index contributed by atoms with van der Waals surface area (Å²) in [5.74, 6) is 0. The van der Waals surface area contributed by atoms with E-state index < -0.39 is 0 Å². The topological polar surface area (TPSA) is 38.7 Å². The van der Waals surface area contributed by atoms with Crippen LogP contribution >= 0.6 is 11.6 Å². The first-order chi connectivity index (χ1) is 6.79. The van der Waals surface area contributed by atoms with Crippen molar-refractivity contribution in [2.75, 3.05) is 0 Å². The molecule has 2 aromatic rings. The molecule has 4 heteroatoms. The van der Waals surface area contributed by atoms with Crippen LogP contribution in [-0.4, -0.2) is 15.0 Å². The zero-order chi connectivity index (χ0) is 9.97. The number of rotatable bonds is 1. The Bertz CT molecular complexity index is 413. The minimum atomic E-state index is 0.467. The van der Waals surface area contributed by atoms with Gasteiger partial charge in [-0.25, -0.2) is 9.97 Å². The van der Waals surface area contributed by atoms with Gasteiger partial charge in [0.25, 0.3) is 0 Å². The fraction of sp³-hybridized carbons (Fsp3) is 0.100. The third-order valence-corrected chi connectivity index (χ3v) is 2.28. The third-order valence-electron chi connectivity index (χ3n) is 1.97. The Morgan fingerprint density at radius 2 is 2.00 bits per heavy atom. The van der Waals surface area contributed by atoms with Crippen molar-refractivity contribution < 1.29 is 0 Å². The molecule has 0 unspecified atom stereocenters. The zero-order valence-corrected chi connectivity index (χ0v) is 8.36. The number of aryl methyl sites for hydroxylation is 1. The predicted molar refractivity (Wildman–Crippen MR) is 55.0 cm³/mol. The lowest BCUT2D eigenvalue weighted by molar-refractivity contribution is 1.16. The molecule has 70 valence electrons. The van der Waals surface area contributed by atoms with Gasteiger partial charge in [0.1, 0.15) is 11.5 Å². The molecule has 0 bridgehead atoms. The van der Waals surface area contributed by atoms with Gasteiger partial charge in [0.2, 0.25) is 0 Å². The van der Waals surface area contributed by atoms with Crippen LogP contribution < -0.4 is 0 Å². The second kappa shape index (κ2) is 3.72. The fourth-order valence-electron chi connectivity index (χ4n) is 1.27. The number of pyridine rings is 1. The number of nitrogens with zero attached hydrogens (tertiary/aromatic N) is 3. The van der Waals surface area contributed by atoms with Crippen molar-refractivity contribution in [2.24, 2.45) is 0 Å². The van der Waals surface area contributed by atoms with Crippen LogP contribution in [0.15, 0.2) is 31.0 Å². The summed E-state index contributed by atoms with van der Waals surface area (Å²) >= 11 is 5.96. The highest BCUT2D eigenvalue weighted by Crippen LogP contribution is 2.26. The van der Waals surface area contributed by atoms with Gasteiger partial charge in [-0.15, -0.1) is 0 Å². The van der Waals surface area contributed by atoms with Gasteiger partial charge in [0.05, 0.1) is 0 Å². The molecule has 0 radical (unpaired) electrons. The summed E-state index contributed by atoms with van der Waals surface area (Å²) in [4.78, 5) is 11.9. The monoisotopic (exact) mass is 205 g/mol. The molecule has 0 aliphatic heterocycles. The molecule has 0 spiro atoms. The zero-order valence-electron chi connectivity index (χ0n) is 7.61. The summed E-state index contributed by atoms with van der Waals surface area (Å²) < 4.78 is 0. The van der Waals surface area contributed by atoms with E-state index in [1.807, 2.05) is 13.0 Å². The Balaban J connectivity index is 2.61. The van der Waals surface area contributed by atoms with E-state index in [0.29, 0.717) is 5.15 Å². The lowest BCUT2D eigenvalue weighted by atomic mass is 10.1. The van der Waals surface area contributed by atoms with Gasteiger partial charge in [-0.05, 0) is 24.1 Å². The molecular formula is C10H8ClN3. The molecule has 0 aliphatic rings. The Morgan fingerprint density at radius 3 is 2.71 bits per heavy atom. The second-order valence-electron chi connectivity index (χ2n) is 2.92. The van der Waals surface area contributed by atoms with E-state index in [9.17, 15) is 0 Å². The first-order valence-electron chi connectivity index (χ1n) is 4.15. The highest BCUT2D eigenvalue weighted by Gasteiger charge is 2.06. The van der Waals surface area contributed by atoms with Crippen LogP contribution in [0.5, 0.6) is 0 Å². The molecule has 0 fully saturated rings. The van der Waals surface area contributed by atoms with Gasteiger partial charge in [-0.2, -0.15) is 0 Å². The SMILES string of the molecule is Cc1cnccc1-c1cncnc1Cl. The smallest absolute Gasteiger partial charge is 0.140 e. The van der Waals surface area contributed by atoms with Gasteiger partial charge in [0, 0.05) is 24.2 Å². The highest BCUT2D eigenvalue weighted by molar-refractivity contribution is 6.32. The molecule has 0 N–H and O–H groups in total. The van der Waals surface area contributed by atoms with E-state index in [4.69, 9.17) is 11.6 Å². The number of halogens is 1. The van der Waals surface area contributed by atoms with Crippen LogP contribution in [0, 0.1) is 6.92 Å². The highest BCUT2D eigenvalue weighted by atomic mass is 35.5. The molecule has 0 aromatic carbocycles. The van der Waals surface area contributed by atoms with Gasteiger partial charge >= 0.3 is 0 Å². The van der Waals surface area contributed by atoms with Crippen LogP contribution in [0.1, 0.15) is 5.56 Å². The predicted octanol–water partition coefficient (Wildman–Crippen LogP) is 2.50. The van der Waals surface area contributed by atoms with E-state index >= 15 is 0 Å². The van der Waals surface area contributed by atoms with Crippen LogP contribution in [-0.2, 0) is 0 Å². The molecule has 0 saturated carbocycles. The summed E-state index contributed by atoms with van der Waals surface area (Å²) in [7, 11) is 0. The summed E-state index contributed by atoms with van der Waals surface area (Å²) in [6.07, 6.45) is 6.66. The van der Waals surface area contributed by atoms with Crippen LogP contribution in [0.4, 0.5) is 0 Å². The van der Waals surface area contributed by atoms with Gasteiger partial charge in [0.15, 0.2) is 0 Å². The lowest BCUT2D eigenvalue weighted by Gasteiger charge is -2.04. The number of hydrogen-bond acceptors (Lipinski definition) is 3. The van der Waals surface area contributed by atoms with Crippen molar-refractivity contribution in [3.05, 3.63) is 41.7 Å². The van der Waals surface area contributed by atoms with Crippen molar-refractivity contribution in [3.63, 3.8) is 0 Å². The Kier molecular flexibility index (Phi) is 2.41. The first-order valence-corrected chi connectivity index (χ1v) is 4.53. The summed E-state index contributed by atoms with van der Waals surface area (Å²) in [6, 6.07) is 1.90. The van der Waals surface area contributed by atoms with Crippen molar-refractivity contribution in [3.8, 4) is 11.1 Å². The van der Waals surface area contributed by atoms with Crippen LogP contribution in [0.3, 0.4) is 0 Å². The molecule has 0 aliphatic carbocycles. The Labute approximate surface area is 86.8 Å². The summed E-state index contributed by atoms with van der Waals surface area (Å²) in [6.45, 7) is 1.98. The minimum absolute atomic E-state index is 0.467. The van der Waals surface area contributed by atoms with Crippen LogP contribution in [0.25, 0.3) is 11.1 Å². The van der Waals surface area contributed by atoms with Crippen molar-refractivity contribution in [1.29, 1.82) is 0 Å². The van der Waals surface area contributed by atoms with Crippen molar-refractivity contribution in [2.45, 2.75) is 6.92 Å². The van der Waals surface area contributed by atoms with Crippen molar-refractivity contribution >= 4 is 11.6 Å². The molecule has 2 heterocycles. The van der Waals surface area contributed by atoms with E-state index in [-0.39, 0.29) is 0 Å².